The van der Waals surface area contributed by atoms with Crippen LogP contribution in [0.4, 0.5) is 16.2 Å². The Labute approximate surface area is 133 Å². The quantitative estimate of drug-likeness (QED) is 0.932. The summed E-state index contributed by atoms with van der Waals surface area (Å²) in [5.41, 5.74) is 3.46. The zero-order valence-corrected chi connectivity index (χ0v) is 13.2. The Hall–Kier alpha value is -2.27. The lowest BCUT2D eigenvalue weighted by Crippen LogP contribution is -2.34. The van der Waals surface area contributed by atoms with E-state index in [1.165, 1.54) is 4.90 Å². The first-order valence-corrected chi connectivity index (χ1v) is 7.88. The Balaban J connectivity index is 1.86. The van der Waals surface area contributed by atoms with E-state index in [1.54, 1.807) is 6.07 Å². The van der Waals surface area contributed by atoms with Crippen molar-refractivity contribution in [1.29, 1.82) is 0 Å². The SMILES string of the molecule is Cc1ccccc1N[C@@H]1SC(=O)N(c2ccccc2C)C1=O. The van der Waals surface area contributed by atoms with Gasteiger partial charge in [-0.25, -0.2) is 4.90 Å². The molecule has 0 aromatic heterocycles. The van der Waals surface area contributed by atoms with Crippen LogP contribution in [0.2, 0.25) is 0 Å². The summed E-state index contributed by atoms with van der Waals surface area (Å²) in [7, 11) is 0. The number of aryl methyl sites for hydroxylation is 2. The third-order valence-electron chi connectivity index (χ3n) is 3.63. The molecule has 1 aliphatic rings. The fraction of sp³-hybridized carbons (Fsp3) is 0.176. The van der Waals surface area contributed by atoms with Gasteiger partial charge in [-0.3, -0.25) is 9.59 Å². The van der Waals surface area contributed by atoms with Crippen molar-refractivity contribution >= 4 is 34.3 Å². The van der Waals surface area contributed by atoms with Crippen LogP contribution in [0.15, 0.2) is 48.5 Å². The van der Waals surface area contributed by atoms with E-state index in [0.717, 1.165) is 28.6 Å². The highest BCUT2D eigenvalue weighted by atomic mass is 32.2. The molecule has 0 bridgehead atoms. The minimum atomic E-state index is -0.590. The zero-order valence-electron chi connectivity index (χ0n) is 12.4. The predicted octanol–water partition coefficient (Wildman–Crippen LogP) is 3.94. The Kier molecular flexibility index (Phi) is 3.90. The molecule has 1 heterocycles. The number of amides is 2. The van der Waals surface area contributed by atoms with Gasteiger partial charge in [0.05, 0.1) is 5.69 Å². The average Bonchev–Trinajstić information content (AvgIpc) is 2.77. The van der Waals surface area contributed by atoms with Crippen LogP contribution in [-0.4, -0.2) is 16.5 Å². The molecule has 1 N–H and O–H groups in total. The molecule has 4 nitrogen and oxygen atoms in total. The van der Waals surface area contributed by atoms with Gasteiger partial charge in [0, 0.05) is 5.69 Å². The van der Waals surface area contributed by atoms with Crippen molar-refractivity contribution in [3.63, 3.8) is 0 Å². The van der Waals surface area contributed by atoms with Gasteiger partial charge in [-0.15, -0.1) is 0 Å². The van der Waals surface area contributed by atoms with E-state index in [0.29, 0.717) is 5.69 Å². The minimum Gasteiger partial charge on any atom is -0.365 e. The number of nitrogens with one attached hydrogen (secondary N) is 1. The maximum atomic E-state index is 12.6. The molecule has 5 heteroatoms. The van der Waals surface area contributed by atoms with Crippen molar-refractivity contribution in [3.8, 4) is 0 Å². The summed E-state index contributed by atoms with van der Waals surface area (Å²) in [6.07, 6.45) is 0. The molecule has 2 amide bonds. The Morgan fingerprint density at radius 1 is 0.955 bits per heavy atom. The van der Waals surface area contributed by atoms with Gasteiger partial charge in [-0.1, -0.05) is 36.4 Å². The third kappa shape index (κ3) is 2.60. The Morgan fingerprint density at radius 3 is 2.27 bits per heavy atom. The number of carbonyl (C=O) groups is 2. The van der Waals surface area contributed by atoms with Crippen molar-refractivity contribution in [3.05, 3.63) is 59.7 Å². The molecule has 3 rings (SSSR count). The molecule has 0 aliphatic carbocycles. The van der Waals surface area contributed by atoms with Crippen LogP contribution in [0.3, 0.4) is 0 Å². The lowest BCUT2D eigenvalue weighted by Gasteiger charge is -2.17. The predicted molar refractivity (Wildman–Crippen MR) is 90.2 cm³/mol. The van der Waals surface area contributed by atoms with Crippen LogP contribution >= 0.6 is 11.8 Å². The first-order chi connectivity index (χ1) is 10.6. The second-order valence-corrected chi connectivity index (χ2v) is 6.24. The van der Waals surface area contributed by atoms with Crippen LogP contribution in [-0.2, 0) is 4.79 Å². The van der Waals surface area contributed by atoms with Gasteiger partial charge in [0.2, 0.25) is 0 Å². The number of anilines is 2. The van der Waals surface area contributed by atoms with E-state index in [-0.39, 0.29) is 11.1 Å². The lowest BCUT2D eigenvalue weighted by atomic mass is 10.2. The van der Waals surface area contributed by atoms with Crippen molar-refractivity contribution in [2.75, 3.05) is 10.2 Å². The monoisotopic (exact) mass is 312 g/mol. The van der Waals surface area contributed by atoms with Crippen LogP contribution in [0.5, 0.6) is 0 Å². The second-order valence-electron chi connectivity index (χ2n) is 5.18. The van der Waals surface area contributed by atoms with Crippen LogP contribution < -0.4 is 10.2 Å². The first kappa shape index (κ1) is 14.7. The highest BCUT2D eigenvalue weighted by molar-refractivity contribution is 8.16. The highest BCUT2D eigenvalue weighted by Crippen LogP contribution is 2.34. The highest BCUT2D eigenvalue weighted by Gasteiger charge is 2.41. The van der Waals surface area contributed by atoms with E-state index in [4.69, 9.17) is 0 Å². The summed E-state index contributed by atoms with van der Waals surface area (Å²) in [6, 6.07) is 15.1. The van der Waals surface area contributed by atoms with E-state index in [9.17, 15) is 9.59 Å². The largest absolute Gasteiger partial charge is 0.365 e. The summed E-state index contributed by atoms with van der Waals surface area (Å²) >= 11 is 1.02. The molecule has 112 valence electrons. The van der Waals surface area contributed by atoms with Crippen LogP contribution in [0, 0.1) is 13.8 Å². The number of rotatable bonds is 3. The fourth-order valence-electron chi connectivity index (χ4n) is 2.41. The Morgan fingerprint density at radius 2 is 1.59 bits per heavy atom. The van der Waals surface area contributed by atoms with Crippen molar-refractivity contribution in [1.82, 2.24) is 0 Å². The molecular formula is C17H16N2O2S. The second kappa shape index (κ2) is 5.85. The number of hydrogen-bond donors (Lipinski definition) is 1. The van der Waals surface area contributed by atoms with Crippen LogP contribution in [0.1, 0.15) is 11.1 Å². The fourth-order valence-corrected chi connectivity index (χ4v) is 3.30. The number of hydrogen-bond acceptors (Lipinski definition) is 4. The molecule has 1 fully saturated rings. The van der Waals surface area contributed by atoms with Crippen molar-refractivity contribution in [2.24, 2.45) is 0 Å². The van der Waals surface area contributed by atoms with Gasteiger partial charge >= 0.3 is 0 Å². The van der Waals surface area contributed by atoms with E-state index < -0.39 is 5.37 Å². The molecule has 22 heavy (non-hydrogen) atoms. The first-order valence-electron chi connectivity index (χ1n) is 7.00. The molecule has 0 spiro atoms. The van der Waals surface area contributed by atoms with Gasteiger partial charge in [0.15, 0.2) is 5.37 Å². The standard InChI is InChI=1S/C17H16N2O2S/c1-11-7-3-5-9-13(11)18-15-16(20)19(17(21)22-15)14-10-6-4-8-12(14)2/h3-10,15,18H,1-2H3/t15-/m1/s1. The summed E-state index contributed by atoms with van der Waals surface area (Å²) in [6.45, 7) is 3.86. The van der Waals surface area contributed by atoms with Crippen molar-refractivity contribution < 1.29 is 9.59 Å². The van der Waals surface area contributed by atoms with Crippen LogP contribution in [0.25, 0.3) is 0 Å². The summed E-state index contributed by atoms with van der Waals surface area (Å²) < 4.78 is 0. The lowest BCUT2D eigenvalue weighted by molar-refractivity contribution is -0.116. The molecule has 2 aromatic rings. The maximum absolute atomic E-state index is 12.6. The van der Waals surface area contributed by atoms with Gasteiger partial charge < -0.3 is 5.32 Å². The van der Waals surface area contributed by atoms with E-state index in [2.05, 4.69) is 5.32 Å². The molecule has 2 aromatic carbocycles. The van der Waals surface area contributed by atoms with Gasteiger partial charge in [0.25, 0.3) is 11.1 Å². The smallest absolute Gasteiger partial charge is 0.295 e. The summed E-state index contributed by atoms with van der Waals surface area (Å²) in [5.74, 6) is -0.229. The zero-order chi connectivity index (χ0) is 15.7. The number of imide groups is 1. The minimum absolute atomic E-state index is 0.229. The molecule has 1 atom stereocenters. The summed E-state index contributed by atoms with van der Waals surface area (Å²) in [4.78, 5) is 26.1. The van der Waals surface area contributed by atoms with E-state index >= 15 is 0 Å². The van der Waals surface area contributed by atoms with Gasteiger partial charge in [-0.2, -0.15) is 0 Å². The molecule has 0 radical (unpaired) electrons. The number of carbonyl (C=O) groups excluding carboxylic acids is 2. The van der Waals surface area contributed by atoms with Gasteiger partial charge in [0.1, 0.15) is 0 Å². The van der Waals surface area contributed by atoms with Crippen molar-refractivity contribution in [2.45, 2.75) is 19.2 Å². The third-order valence-corrected chi connectivity index (χ3v) is 4.57. The number of nitrogens with zero attached hydrogens (tertiary/aromatic N) is 1. The number of thioether (sulfide) groups is 1. The molecule has 0 saturated carbocycles. The normalized spacial score (nSPS) is 17.9. The summed E-state index contributed by atoms with van der Waals surface area (Å²) in [5, 5.41) is 2.32. The molecule has 0 unspecified atom stereocenters. The number of para-hydroxylation sites is 2. The topological polar surface area (TPSA) is 49.4 Å². The van der Waals surface area contributed by atoms with Gasteiger partial charge in [-0.05, 0) is 48.9 Å². The molecule has 1 saturated heterocycles. The molecular weight excluding hydrogens is 296 g/mol. The Bertz CT molecular complexity index is 745. The maximum Gasteiger partial charge on any atom is 0.295 e. The van der Waals surface area contributed by atoms with E-state index in [1.807, 2.05) is 56.3 Å². The average molecular weight is 312 g/mol. The number of benzene rings is 2. The molecule has 1 aliphatic heterocycles.